The van der Waals surface area contributed by atoms with Gasteiger partial charge in [-0.2, -0.15) is 5.26 Å². The SMILES string of the molecule is Cc1c(-c2c[nH]c3ncnc(N4CCOCC4)c23)cc(C#N)n1C. The molecule has 1 N–H and O–H groups in total. The maximum absolute atomic E-state index is 9.30. The van der Waals surface area contributed by atoms with Gasteiger partial charge in [0.15, 0.2) is 0 Å². The lowest BCUT2D eigenvalue weighted by atomic mass is 10.1. The number of rotatable bonds is 2. The lowest BCUT2D eigenvalue weighted by Gasteiger charge is -2.28. The van der Waals surface area contributed by atoms with Crippen LogP contribution in [-0.2, 0) is 11.8 Å². The minimum Gasteiger partial charge on any atom is -0.378 e. The molecule has 122 valence electrons. The standard InChI is InChI=1S/C17H18N6O/c1-11-13(7-12(8-18)22(11)2)14-9-19-16-15(14)17(21-10-20-16)23-3-5-24-6-4-23/h7,9-10H,3-6H2,1-2H3,(H,19,20,21). The largest absolute Gasteiger partial charge is 0.378 e. The smallest absolute Gasteiger partial charge is 0.143 e. The van der Waals surface area contributed by atoms with E-state index in [0.29, 0.717) is 18.9 Å². The highest BCUT2D eigenvalue weighted by Gasteiger charge is 2.21. The van der Waals surface area contributed by atoms with Crippen molar-refractivity contribution in [2.45, 2.75) is 6.92 Å². The van der Waals surface area contributed by atoms with E-state index < -0.39 is 0 Å². The summed E-state index contributed by atoms with van der Waals surface area (Å²) in [4.78, 5) is 14.4. The van der Waals surface area contributed by atoms with Crippen LogP contribution in [0.4, 0.5) is 5.82 Å². The highest BCUT2D eigenvalue weighted by Crippen LogP contribution is 2.36. The van der Waals surface area contributed by atoms with Crippen LogP contribution in [0.3, 0.4) is 0 Å². The Morgan fingerprint density at radius 2 is 2.04 bits per heavy atom. The minimum absolute atomic E-state index is 0.640. The van der Waals surface area contributed by atoms with Gasteiger partial charge in [-0.1, -0.05) is 0 Å². The average molecular weight is 322 g/mol. The van der Waals surface area contributed by atoms with Crippen molar-refractivity contribution in [1.29, 1.82) is 5.26 Å². The van der Waals surface area contributed by atoms with Crippen molar-refractivity contribution in [2.24, 2.45) is 7.05 Å². The van der Waals surface area contributed by atoms with Crippen LogP contribution in [0.5, 0.6) is 0 Å². The molecule has 4 rings (SSSR count). The Bertz CT molecular complexity index is 942. The van der Waals surface area contributed by atoms with Crippen LogP contribution in [0.25, 0.3) is 22.2 Å². The van der Waals surface area contributed by atoms with Crippen LogP contribution in [0.1, 0.15) is 11.4 Å². The van der Waals surface area contributed by atoms with Crippen LogP contribution in [-0.4, -0.2) is 45.8 Å². The van der Waals surface area contributed by atoms with Gasteiger partial charge in [0, 0.05) is 43.2 Å². The summed E-state index contributed by atoms with van der Waals surface area (Å²) in [5.41, 5.74) is 4.56. The van der Waals surface area contributed by atoms with Crippen LogP contribution in [0.15, 0.2) is 18.6 Å². The van der Waals surface area contributed by atoms with Gasteiger partial charge < -0.3 is 19.2 Å². The van der Waals surface area contributed by atoms with E-state index in [1.54, 1.807) is 6.33 Å². The molecule has 0 radical (unpaired) electrons. The highest BCUT2D eigenvalue weighted by atomic mass is 16.5. The predicted molar refractivity (Wildman–Crippen MR) is 90.8 cm³/mol. The number of anilines is 1. The number of H-pyrrole nitrogens is 1. The third-order valence-electron chi connectivity index (χ3n) is 4.70. The van der Waals surface area contributed by atoms with Gasteiger partial charge in [-0.15, -0.1) is 0 Å². The molecular formula is C17H18N6O. The summed E-state index contributed by atoms with van der Waals surface area (Å²) in [5, 5.41) is 10.3. The van der Waals surface area contributed by atoms with E-state index in [-0.39, 0.29) is 0 Å². The molecule has 4 heterocycles. The first-order chi connectivity index (χ1) is 11.7. The Kier molecular flexibility index (Phi) is 3.47. The summed E-state index contributed by atoms with van der Waals surface area (Å²) < 4.78 is 7.36. The molecule has 0 spiro atoms. The van der Waals surface area contributed by atoms with Crippen molar-refractivity contribution in [3.05, 3.63) is 30.0 Å². The lowest BCUT2D eigenvalue weighted by Crippen LogP contribution is -2.36. The predicted octanol–water partition coefficient (Wildman–Crippen LogP) is 1.98. The summed E-state index contributed by atoms with van der Waals surface area (Å²) in [7, 11) is 1.91. The molecule has 3 aromatic heterocycles. The van der Waals surface area contributed by atoms with Gasteiger partial charge in [-0.3, -0.25) is 0 Å². The second-order valence-electron chi connectivity index (χ2n) is 5.92. The van der Waals surface area contributed by atoms with Crippen LogP contribution in [0.2, 0.25) is 0 Å². The third-order valence-corrected chi connectivity index (χ3v) is 4.70. The summed E-state index contributed by atoms with van der Waals surface area (Å²) in [6.07, 6.45) is 3.54. The molecule has 0 aliphatic carbocycles. The van der Waals surface area contributed by atoms with Crippen molar-refractivity contribution in [2.75, 3.05) is 31.2 Å². The maximum atomic E-state index is 9.30. The maximum Gasteiger partial charge on any atom is 0.143 e. The second kappa shape index (κ2) is 5.65. The zero-order valence-corrected chi connectivity index (χ0v) is 13.7. The zero-order valence-electron chi connectivity index (χ0n) is 13.7. The van der Waals surface area contributed by atoms with Crippen LogP contribution < -0.4 is 4.90 Å². The second-order valence-corrected chi connectivity index (χ2v) is 5.92. The molecule has 7 heteroatoms. The van der Waals surface area contributed by atoms with Crippen LogP contribution in [0, 0.1) is 18.3 Å². The summed E-state index contributed by atoms with van der Waals surface area (Å²) >= 11 is 0. The highest BCUT2D eigenvalue weighted by molar-refractivity contribution is 6.01. The van der Waals surface area contributed by atoms with Crippen molar-refractivity contribution >= 4 is 16.9 Å². The number of fused-ring (bicyclic) bond motifs is 1. The summed E-state index contributed by atoms with van der Waals surface area (Å²) in [5.74, 6) is 0.918. The fraction of sp³-hybridized carbons (Fsp3) is 0.353. The van der Waals surface area contributed by atoms with Crippen LogP contribution >= 0.6 is 0 Å². The molecule has 0 atom stereocenters. The Balaban J connectivity index is 1.92. The fourth-order valence-electron chi connectivity index (χ4n) is 3.25. The molecule has 1 saturated heterocycles. The van der Waals surface area contributed by atoms with E-state index in [9.17, 15) is 5.26 Å². The van der Waals surface area contributed by atoms with E-state index in [1.165, 1.54) is 0 Å². The molecule has 1 aliphatic rings. The van der Waals surface area contributed by atoms with Crippen molar-refractivity contribution in [1.82, 2.24) is 19.5 Å². The molecule has 1 aliphatic heterocycles. The third kappa shape index (κ3) is 2.15. The number of aromatic nitrogens is 4. The molecule has 7 nitrogen and oxygen atoms in total. The minimum atomic E-state index is 0.640. The van der Waals surface area contributed by atoms with Gasteiger partial charge in [0.2, 0.25) is 0 Å². The molecule has 0 unspecified atom stereocenters. The quantitative estimate of drug-likeness (QED) is 0.780. The number of ether oxygens (including phenoxy) is 1. The summed E-state index contributed by atoms with van der Waals surface area (Å²) in [6.45, 7) is 5.05. The van der Waals surface area contributed by atoms with E-state index in [4.69, 9.17) is 4.74 Å². The molecule has 0 amide bonds. The first kappa shape index (κ1) is 14.7. The van der Waals surface area contributed by atoms with Gasteiger partial charge in [0.05, 0.1) is 18.6 Å². The lowest BCUT2D eigenvalue weighted by molar-refractivity contribution is 0.122. The van der Waals surface area contributed by atoms with Gasteiger partial charge >= 0.3 is 0 Å². The first-order valence-electron chi connectivity index (χ1n) is 7.92. The normalized spacial score (nSPS) is 15.0. The number of nitrogens with zero attached hydrogens (tertiary/aromatic N) is 5. The number of morpholine rings is 1. The molecule has 0 bridgehead atoms. The van der Waals surface area contributed by atoms with Gasteiger partial charge in [0.25, 0.3) is 0 Å². The Hall–Kier alpha value is -2.85. The molecule has 24 heavy (non-hydrogen) atoms. The van der Waals surface area contributed by atoms with E-state index >= 15 is 0 Å². The number of aromatic amines is 1. The Morgan fingerprint density at radius 1 is 1.25 bits per heavy atom. The van der Waals surface area contributed by atoms with Crippen molar-refractivity contribution < 1.29 is 4.74 Å². The number of hydrogen-bond donors (Lipinski definition) is 1. The Labute approximate surface area is 139 Å². The zero-order chi connectivity index (χ0) is 16.7. The van der Waals surface area contributed by atoms with E-state index in [2.05, 4.69) is 25.9 Å². The van der Waals surface area contributed by atoms with Crippen molar-refractivity contribution in [3.8, 4) is 17.2 Å². The van der Waals surface area contributed by atoms with E-state index in [0.717, 1.165) is 46.8 Å². The molecule has 0 aromatic carbocycles. The monoisotopic (exact) mass is 322 g/mol. The van der Waals surface area contributed by atoms with Crippen molar-refractivity contribution in [3.63, 3.8) is 0 Å². The molecule has 0 saturated carbocycles. The molecule has 3 aromatic rings. The summed E-state index contributed by atoms with van der Waals surface area (Å²) in [6, 6.07) is 4.16. The topological polar surface area (TPSA) is 82.8 Å². The number of nitriles is 1. The van der Waals surface area contributed by atoms with Gasteiger partial charge in [-0.25, -0.2) is 9.97 Å². The molecular weight excluding hydrogens is 304 g/mol. The van der Waals surface area contributed by atoms with Gasteiger partial charge in [0.1, 0.15) is 29.6 Å². The Morgan fingerprint density at radius 3 is 2.75 bits per heavy atom. The average Bonchev–Trinajstić information content (AvgIpc) is 3.17. The first-order valence-corrected chi connectivity index (χ1v) is 7.92. The van der Waals surface area contributed by atoms with Gasteiger partial charge in [-0.05, 0) is 13.0 Å². The molecule has 1 fully saturated rings. The van der Waals surface area contributed by atoms with E-state index in [1.807, 2.05) is 30.8 Å². The number of nitrogens with one attached hydrogen (secondary N) is 1. The fourth-order valence-corrected chi connectivity index (χ4v) is 3.25. The number of hydrogen-bond acceptors (Lipinski definition) is 5.